The molecule has 0 N–H and O–H groups in total. The van der Waals surface area contributed by atoms with Crippen LogP contribution in [0.1, 0.15) is 58.3 Å². The number of hydrogen-bond acceptors (Lipinski definition) is 2. The Morgan fingerprint density at radius 1 is 1.06 bits per heavy atom. The Balaban J connectivity index is 2.75. The SMILES string of the molecule is CC(=O)c1ccc(OC(C)(C)CC(C)(C)C)cc1. The molecule has 1 rings (SSSR count). The Bertz CT molecular complexity index is 408. The lowest BCUT2D eigenvalue weighted by Gasteiger charge is -2.33. The third-order valence-corrected chi connectivity index (χ3v) is 2.61. The number of ketones is 1. The first kappa shape index (κ1) is 14.7. The van der Waals surface area contributed by atoms with Crippen molar-refractivity contribution in [3.63, 3.8) is 0 Å². The Morgan fingerprint density at radius 3 is 1.94 bits per heavy atom. The smallest absolute Gasteiger partial charge is 0.159 e. The van der Waals surface area contributed by atoms with Gasteiger partial charge in [0.2, 0.25) is 0 Å². The molecule has 0 fully saturated rings. The molecule has 0 aliphatic rings. The summed E-state index contributed by atoms with van der Waals surface area (Å²) in [6, 6.07) is 7.35. The molecule has 0 saturated carbocycles. The number of Topliss-reactive ketones (excluding diaryl/α,β-unsaturated/α-hetero) is 1. The molecule has 18 heavy (non-hydrogen) atoms. The molecule has 0 radical (unpaired) electrons. The van der Waals surface area contributed by atoms with E-state index in [1.807, 2.05) is 24.3 Å². The van der Waals surface area contributed by atoms with Gasteiger partial charge in [0.25, 0.3) is 0 Å². The molecule has 0 saturated heterocycles. The predicted molar refractivity (Wildman–Crippen MR) is 75.2 cm³/mol. The van der Waals surface area contributed by atoms with Crippen molar-refractivity contribution in [1.29, 1.82) is 0 Å². The fourth-order valence-corrected chi connectivity index (χ4v) is 2.39. The van der Waals surface area contributed by atoms with Crippen molar-refractivity contribution in [2.24, 2.45) is 5.41 Å². The van der Waals surface area contributed by atoms with Crippen LogP contribution in [-0.2, 0) is 0 Å². The van der Waals surface area contributed by atoms with Gasteiger partial charge in [-0.2, -0.15) is 0 Å². The monoisotopic (exact) mass is 248 g/mol. The molecule has 1 aromatic carbocycles. The topological polar surface area (TPSA) is 26.3 Å². The minimum absolute atomic E-state index is 0.0792. The summed E-state index contributed by atoms with van der Waals surface area (Å²) in [4.78, 5) is 11.2. The molecule has 2 nitrogen and oxygen atoms in total. The average molecular weight is 248 g/mol. The Labute approximate surface area is 110 Å². The minimum atomic E-state index is -0.212. The summed E-state index contributed by atoms with van der Waals surface area (Å²) in [5.41, 5.74) is 0.731. The van der Waals surface area contributed by atoms with Crippen LogP contribution in [0.4, 0.5) is 0 Å². The van der Waals surface area contributed by atoms with Crippen molar-refractivity contribution in [2.75, 3.05) is 0 Å². The van der Waals surface area contributed by atoms with Gasteiger partial charge in [-0.05, 0) is 56.9 Å². The first-order chi connectivity index (χ1) is 8.09. The van der Waals surface area contributed by atoms with E-state index in [2.05, 4.69) is 34.6 Å². The quantitative estimate of drug-likeness (QED) is 0.734. The van der Waals surface area contributed by atoms with Crippen LogP contribution in [0, 0.1) is 5.41 Å². The van der Waals surface area contributed by atoms with Crippen LogP contribution in [0.25, 0.3) is 0 Å². The number of carbonyl (C=O) groups is 1. The maximum Gasteiger partial charge on any atom is 0.159 e. The zero-order valence-corrected chi connectivity index (χ0v) is 12.3. The largest absolute Gasteiger partial charge is 0.488 e. The van der Waals surface area contributed by atoms with E-state index in [-0.39, 0.29) is 16.8 Å². The van der Waals surface area contributed by atoms with Gasteiger partial charge >= 0.3 is 0 Å². The lowest BCUT2D eigenvalue weighted by molar-refractivity contribution is 0.0622. The summed E-state index contributed by atoms with van der Waals surface area (Å²) < 4.78 is 6.00. The molecule has 0 aliphatic heterocycles. The van der Waals surface area contributed by atoms with Gasteiger partial charge in [0.05, 0.1) is 0 Å². The molecule has 1 aromatic rings. The summed E-state index contributed by atoms with van der Waals surface area (Å²) in [5.74, 6) is 0.893. The number of carbonyl (C=O) groups excluding carboxylic acids is 1. The van der Waals surface area contributed by atoms with E-state index < -0.39 is 0 Å². The van der Waals surface area contributed by atoms with E-state index in [9.17, 15) is 4.79 Å². The second-order valence-corrected chi connectivity index (χ2v) is 6.68. The first-order valence-corrected chi connectivity index (χ1v) is 6.39. The van der Waals surface area contributed by atoms with E-state index in [0.717, 1.165) is 17.7 Å². The van der Waals surface area contributed by atoms with Gasteiger partial charge in [-0.1, -0.05) is 20.8 Å². The summed E-state index contributed by atoms with van der Waals surface area (Å²) in [6.45, 7) is 12.4. The van der Waals surface area contributed by atoms with Crippen LogP contribution in [0.5, 0.6) is 5.75 Å². The molecule has 0 aromatic heterocycles. The summed E-state index contributed by atoms with van der Waals surface area (Å²) in [5, 5.41) is 0. The van der Waals surface area contributed by atoms with E-state index in [1.165, 1.54) is 0 Å². The molecule has 2 heteroatoms. The van der Waals surface area contributed by atoms with Gasteiger partial charge in [-0.15, -0.1) is 0 Å². The number of benzene rings is 1. The molecule has 0 aliphatic carbocycles. The number of rotatable bonds is 4. The lowest BCUT2D eigenvalue weighted by Crippen LogP contribution is -2.33. The van der Waals surface area contributed by atoms with Gasteiger partial charge < -0.3 is 4.74 Å². The van der Waals surface area contributed by atoms with E-state index >= 15 is 0 Å². The molecule has 0 bridgehead atoms. The second kappa shape index (κ2) is 5.13. The van der Waals surface area contributed by atoms with Crippen molar-refractivity contribution < 1.29 is 9.53 Å². The number of hydrogen-bond donors (Lipinski definition) is 0. The summed E-state index contributed by atoms with van der Waals surface area (Å²) >= 11 is 0. The summed E-state index contributed by atoms with van der Waals surface area (Å²) in [6.07, 6.45) is 0.967. The van der Waals surface area contributed by atoms with Gasteiger partial charge in [0.15, 0.2) is 5.78 Å². The van der Waals surface area contributed by atoms with Crippen LogP contribution in [0.15, 0.2) is 24.3 Å². The number of ether oxygens (including phenoxy) is 1. The van der Waals surface area contributed by atoms with E-state index in [1.54, 1.807) is 6.92 Å². The van der Waals surface area contributed by atoms with E-state index in [4.69, 9.17) is 4.74 Å². The normalized spacial score (nSPS) is 12.3. The molecule has 0 amide bonds. The summed E-state index contributed by atoms with van der Waals surface area (Å²) in [7, 11) is 0. The van der Waals surface area contributed by atoms with Crippen LogP contribution < -0.4 is 4.74 Å². The van der Waals surface area contributed by atoms with Crippen LogP contribution in [0.2, 0.25) is 0 Å². The zero-order chi connectivity index (χ0) is 14.0. The molecule has 0 spiro atoms. The van der Waals surface area contributed by atoms with E-state index in [0.29, 0.717) is 0 Å². The van der Waals surface area contributed by atoms with Gasteiger partial charge in [-0.3, -0.25) is 4.79 Å². The maximum absolute atomic E-state index is 11.2. The molecule has 100 valence electrons. The molecular formula is C16H24O2. The van der Waals surface area contributed by atoms with Gasteiger partial charge in [-0.25, -0.2) is 0 Å². The zero-order valence-electron chi connectivity index (χ0n) is 12.3. The van der Waals surface area contributed by atoms with Crippen molar-refractivity contribution in [1.82, 2.24) is 0 Å². The van der Waals surface area contributed by atoms with Crippen LogP contribution in [0.3, 0.4) is 0 Å². The second-order valence-electron chi connectivity index (χ2n) is 6.68. The Kier molecular flexibility index (Phi) is 4.20. The Morgan fingerprint density at radius 2 is 1.56 bits per heavy atom. The highest BCUT2D eigenvalue weighted by molar-refractivity contribution is 5.94. The highest BCUT2D eigenvalue weighted by Gasteiger charge is 2.27. The molecule has 0 heterocycles. The predicted octanol–water partition coefficient (Wildman–Crippen LogP) is 4.48. The highest BCUT2D eigenvalue weighted by Crippen LogP contribution is 2.30. The van der Waals surface area contributed by atoms with Crippen LogP contribution in [-0.4, -0.2) is 11.4 Å². The van der Waals surface area contributed by atoms with Gasteiger partial charge in [0, 0.05) is 5.56 Å². The fraction of sp³-hybridized carbons (Fsp3) is 0.562. The fourth-order valence-electron chi connectivity index (χ4n) is 2.39. The van der Waals surface area contributed by atoms with Crippen molar-refractivity contribution >= 4 is 5.78 Å². The third-order valence-electron chi connectivity index (χ3n) is 2.61. The molecular weight excluding hydrogens is 224 g/mol. The van der Waals surface area contributed by atoms with Crippen molar-refractivity contribution in [2.45, 2.75) is 53.6 Å². The molecule has 0 atom stereocenters. The lowest BCUT2D eigenvalue weighted by atomic mass is 9.83. The standard InChI is InChI=1S/C16H24O2/c1-12(17)13-7-9-14(10-8-13)18-16(5,6)11-15(2,3)4/h7-10H,11H2,1-6H3. The van der Waals surface area contributed by atoms with Crippen molar-refractivity contribution in [3.05, 3.63) is 29.8 Å². The Hall–Kier alpha value is -1.31. The average Bonchev–Trinajstić information content (AvgIpc) is 2.13. The van der Waals surface area contributed by atoms with Crippen molar-refractivity contribution in [3.8, 4) is 5.75 Å². The highest BCUT2D eigenvalue weighted by atomic mass is 16.5. The van der Waals surface area contributed by atoms with Crippen LogP contribution >= 0.6 is 0 Å². The first-order valence-electron chi connectivity index (χ1n) is 6.39. The molecule has 0 unspecified atom stereocenters. The third kappa shape index (κ3) is 4.91. The minimum Gasteiger partial charge on any atom is -0.488 e. The maximum atomic E-state index is 11.2. The van der Waals surface area contributed by atoms with Gasteiger partial charge in [0.1, 0.15) is 11.4 Å².